The van der Waals surface area contributed by atoms with Crippen LogP contribution in [-0.2, 0) is 28.9 Å². The Labute approximate surface area is 176 Å². The minimum absolute atomic E-state index is 0.153. The molecule has 0 radical (unpaired) electrons. The summed E-state index contributed by atoms with van der Waals surface area (Å²) in [5.74, 6) is -0.153. The largest absolute Gasteiger partial charge is 0.391 e. The van der Waals surface area contributed by atoms with Gasteiger partial charge in [0.2, 0.25) is 5.91 Å². The number of amides is 1. The van der Waals surface area contributed by atoms with Crippen LogP contribution in [0.15, 0.2) is 42.6 Å². The Bertz CT molecular complexity index is 1020. The van der Waals surface area contributed by atoms with Gasteiger partial charge in [-0.1, -0.05) is 30.3 Å². The molecule has 2 aromatic heterocycles. The van der Waals surface area contributed by atoms with Gasteiger partial charge in [-0.05, 0) is 38.3 Å². The van der Waals surface area contributed by atoms with Gasteiger partial charge in [-0.15, -0.1) is 0 Å². The van der Waals surface area contributed by atoms with E-state index < -0.39 is 18.2 Å². The van der Waals surface area contributed by atoms with Crippen molar-refractivity contribution in [2.75, 3.05) is 6.61 Å². The average Bonchev–Trinajstić information content (AvgIpc) is 3.15. The van der Waals surface area contributed by atoms with Crippen LogP contribution in [-0.4, -0.2) is 44.6 Å². The van der Waals surface area contributed by atoms with Gasteiger partial charge in [0.1, 0.15) is 6.10 Å². The Hall–Kier alpha value is -2.77. The first kappa shape index (κ1) is 20.5. The van der Waals surface area contributed by atoms with Gasteiger partial charge in [-0.25, -0.2) is 0 Å². The lowest BCUT2D eigenvalue weighted by Crippen LogP contribution is -2.43. The van der Waals surface area contributed by atoms with Gasteiger partial charge in [0.15, 0.2) is 0 Å². The molecule has 4 rings (SSSR count). The first-order valence-corrected chi connectivity index (χ1v) is 10.5. The van der Waals surface area contributed by atoms with Crippen molar-refractivity contribution in [1.82, 2.24) is 20.1 Å². The summed E-state index contributed by atoms with van der Waals surface area (Å²) in [5.41, 5.74) is 3.59. The Morgan fingerprint density at radius 3 is 2.87 bits per heavy atom. The highest BCUT2D eigenvalue weighted by atomic mass is 16.5. The number of carbonyl (C=O) groups is 1. The monoisotopic (exact) mass is 408 g/mol. The van der Waals surface area contributed by atoms with Gasteiger partial charge in [0.25, 0.3) is 0 Å². The van der Waals surface area contributed by atoms with Gasteiger partial charge in [0.05, 0.1) is 41.7 Å². The smallest absolute Gasteiger partial charge is 0.226 e. The van der Waals surface area contributed by atoms with Crippen LogP contribution in [0.3, 0.4) is 0 Å². The number of hydrogen-bond acceptors (Lipinski definition) is 5. The molecule has 0 aliphatic carbocycles. The predicted molar refractivity (Wildman–Crippen MR) is 114 cm³/mol. The van der Waals surface area contributed by atoms with Crippen LogP contribution in [0.4, 0.5) is 0 Å². The number of pyridine rings is 1. The molecule has 0 unspecified atom stereocenters. The summed E-state index contributed by atoms with van der Waals surface area (Å²) in [7, 11) is 0. The van der Waals surface area contributed by atoms with E-state index in [4.69, 9.17) is 9.72 Å². The summed E-state index contributed by atoms with van der Waals surface area (Å²) in [5, 5.41) is 18.9. The summed E-state index contributed by atoms with van der Waals surface area (Å²) in [6, 6.07) is 11.2. The number of fused-ring (bicyclic) bond motifs is 4. The fourth-order valence-electron chi connectivity index (χ4n) is 4.14. The van der Waals surface area contributed by atoms with Crippen molar-refractivity contribution in [3.63, 3.8) is 0 Å². The third-order valence-electron chi connectivity index (χ3n) is 5.53. The van der Waals surface area contributed by atoms with Crippen LogP contribution >= 0.6 is 0 Å². The fraction of sp³-hybridized carbons (Fsp3) is 0.435. The van der Waals surface area contributed by atoms with Gasteiger partial charge < -0.3 is 15.2 Å². The molecule has 2 bridgehead atoms. The molecule has 1 aliphatic rings. The van der Waals surface area contributed by atoms with E-state index in [1.165, 1.54) is 0 Å². The second-order valence-corrected chi connectivity index (χ2v) is 7.77. The van der Waals surface area contributed by atoms with E-state index in [1.807, 2.05) is 47.3 Å². The number of ether oxygens (including phenoxy) is 1. The number of nitrogens with one attached hydrogen (secondary N) is 1. The number of aryl methyl sites for hydroxylation is 2. The number of nitrogens with zero attached hydrogens (tertiary/aromatic N) is 3. The molecule has 0 spiro atoms. The van der Waals surface area contributed by atoms with E-state index in [0.717, 1.165) is 47.2 Å². The molecule has 0 fully saturated rings. The molecule has 1 aromatic carbocycles. The summed E-state index contributed by atoms with van der Waals surface area (Å²) in [6.07, 6.45) is 2.21. The SMILES string of the molecule is CCn1ncc2cc3nc(c21)CCCO[C@@H]([C@@H](C)O)[C@@H](c1ccccc1)NC(=O)C3. The molecule has 3 heterocycles. The normalized spacial score (nSPS) is 21.5. The number of rotatable bonds is 3. The summed E-state index contributed by atoms with van der Waals surface area (Å²) < 4.78 is 8.04. The highest BCUT2D eigenvalue weighted by Crippen LogP contribution is 2.25. The number of carbonyl (C=O) groups excluding carboxylic acids is 1. The quantitative estimate of drug-likeness (QED) is 0.695. The lowest BCUT2D eigenvalue weighted by Gasteiger charge is -2.31. The molecule has 2 N–H and O–H groups in total. The highest BCUT2D eigenvalue weighted by Gasteiger charge is 2.30. The molecule has 1 amide bonds. The van der Waals surface area contributed by atoms with E-state index >= 15 is 0 Å². The molecule has 0 saturated heterocycles. The summed E-state index contributed by atoms with van der Waals surface area (Å²) >= 11 is 0. The average molecular weight is 409 g/mol. The Balaban J connectivity index is 1.70. The number of benzene rings is 1. The number of aliphatic hydroxyl groups excluding tert-OH is 1. The van der Waals surface area contributed by atoms with E-state index in [-0.39, 0.29) is 12.3 Å². The molecule has 158 valence electrons. The zero-order valence-electron chi connectivity index (χ0n) is 17.4. The third kappa shape index (κ3) is 4.22. The van der Waals surface area contributed by atoms with Crippen molar-refractivity contribution in [1.29, 1.82) is 0 Å². The van der Waals surface area contributed by atoms with Crippen molar-refractivity contribution in [2.45, 2.75) is 57.9 Å². The van der Waals surface area contributed by atoms with Gasteiger partial charge in [-0.2, -0.15) is 5.10 Å². The standard InChI is InChI=1S/C23H28N4O3/c1-3-27-22-17(14-24-27)12-18-13-20(29)26-21(16-8-5-4-6-9-16)23(15(2)28)30-11-7-10-19(22)25-18/h4-6,8-9,12,14-15,21,23,28H,3,7,10-11,13H2,1-2H3,(H,26,29)/t15-,21-,23+/m1/s1. The van der Waals surface area contributed by atoms with Crippen LogP contribution in [0.1, 0.15) is 43.3 Å². The Morgan fingerprint density at radius 1 is 1.33 bits per heavy atom. The predicted octanol–water partition coefficient (Wildman–Crippen LogP) is 2.56. The molecule has 7 heteroatoms. The molecular weight excluding hydrogens is 380 g/mol. The Morgan fingerprint density at radius 2 is 2.13 bits per heavy atom. The molecule has 3 aromatic rings. The van der Waals surface area contributed by atoms with E-state index in [0.29, 0.717) is 6.61 Å². The van der Waals surface area contributed by atoms with Crippen LogP contribution in [0.2, 0.25) is 0 Å². The number of aliphatic hydroxyl groups is 1. The third-order valence-corrected chi connectivity index (χ3v) is 5.53. The highest BCUT2D eigenvalue weighted by molar-refractivity contribution is 5.84. The first-order chi connectivity index (χ1) is 14.6. The zero-order valence-corrected chi connectivity index (χ0v) is 17.4. The van der Waals surface area contributed by atoms with Crippen LogP contribution < -0.4 is 5.32 Å². The minimum atomic E-state index is -0.734. The minimum Gasteiger partial charge on any atom is -0.391 e. The number of hydrogen-bond donors (Lipinski definition) is 2. The number of aromatic nitrogens is 3. The van der Waals surface area contributed by atoms with E-state index in [2.05, 4.69) is 17.3 Å². The lowest BCUT2D eigenvalue weighted by molar-refractivity contribution is -0.124. The molecule has 0 saturated carbocycles. The maximum Gasteiger partial charge on any atom is 0.226 e. The lowest BCUT2D eigenvalue weighted by atomic mass is 9.97. The Kier molecular flexibility index (Phi) is 6.11. The second-order valence-electron chi connectivity index (χ2n) is 7.77. The van der Waals surface area contributed by atoms with E-state index in [9.17, 15) is 9.90 Å². The van der Waals surface area contributed by atoms with Crippen molar-refractivity contribution < 1.29 is 14.6 Å². The van der Waals surface area contributed by atoms with Gasteiger partial charge >= 0.3 is 0 Å². The van der Waals surface area contributed by atoms with Crippen LogP contribution in [0.25, 0.3) is 10.9 Å². The molecule has 3 atom stereocenters. The van der Waals surface area contributed by atoms with Crippen molar-refractivity contribution in [3.05, 3.63) is 59.5 Å². The molecule has 1 aliphatic heterocycles. The zero-order chi connectivity index (χ0) is 21.1. The maximum atomic E-state index is 12.9. The topological polar surface area (TPSA) is 89.3 Å². The molecular formula is C23H28N4O3. The molecule has 30 heavy (non-hydrogen) atoms. The second kappa shape index (κ2) is 8.93. The maximum absolute atomic E-state index is 12.9. The van der Waals surface area contributed by atoms with Crippen molar-refractivity contribution >= 4 is 16.8 Å². The first-order valence-electron chi connectivity index (χ1n) is 10.5. The van der Waals surface area contributed by atoms with Gasteiger partial charge in [0, 0.05) is 18.5 Å². The van der Waals surface area contributed by atoms with Gasteiger partial charge in [-0.3, -0.25) is 14.5 Å². The summed E-state index contributed by atoms with van der Waals surface area (Å²) in [4.78, 5) is 17.7. The van der Waals surface area contributed by atoms with Crippen molar-refractivity contribution in [3.8, 4) is 0 Å². The molecule has 7 nitrogen and oxygen atoms in total. The van der Waals surface area contributed by atoms with Crippen molar-refractivity contribution in [2.24, 2.45) is 0 Å². The van der Waals surface area contributed by atoms with Crippen LogP contribution in [0.5, 0.6) is 0 Å². The fourth-order valence-corrected chi connectivity index (χ4v) is 4.14. The van der Waals surface area contributed by atoms with E-state index in [1.54, 1.807) is 6.92 Å². The van der Waals surface area contributed by atoms with Crippen LogP contribution in [0, 0.1) is 0 Å². The summed E-state index contributed by atoms with van der Waals surface area (Å²) in [6.45, 7) is 4.97.